The molecule has 0 saturated carbocycles. The van der Waals surface area contributed by atoms with E-state index in [1.807, 2.05) is 47.0 Å². The summed E-state index contributed by atoms with van der Waals surface area (Å²) in [5.74, 6) is -1.36. The topological polar surface area (TPSA) is 99.9 Å². The van der Waals surface area contributed by atoms with Crippen LogP contribution in [0.1, 0.15) is 24.2 Å². The average molecular weight is 675 g/mol. The minimum Gasteiger partial charge on any atom is -0.494 e. The van der Waals surface area contributed by atoms with Crippen molar-refractivity contribution >= 4 is 34.6 Å². The molecular formula is C38H36F2N8O2. The molecule has 6 aromatic rings. The number of benzene rings is 3. The Hall–Kier alpha value is -5.88. The number of carbonyl (C=O) groups excluding carboxylic acids is 1. The van der Waals surface area contributed by atoms with Gasteiger partial charge < -0.3 is 20.3 Å². The van der Waals surface area contributed by atoms with Crippen molar-refractivity contribution in [2.75, 3.05) is 48.8 Å². The van der Waals surface area contributed by atoms with Crippen LogP contribution < -0.4 is 20.3 Å². The molecule has 10 nitrogen and oxygen atoms in total. The third kappa shape index (κ3) is 6.57. The van der Waals surface area contributed by atoms with E-state index in [1.165, 1.54) is 6.07 Å². The largest absolute Gasteiger partial charge is 0.494 e. The summed E-state index contributed by atoms with van der Waals surface area (Å²) in [6, 6.07) is 24.2. The number of hydrogen-bond donors (Lipinski definition) is 2. The first-order chi connectivity index (χ1) is 24.3. The van der Waals surface area contributed by atoms with Gasteiger partial charge >= 0.3 is 0 Å². The Morgan fingerprint density at radius 1 is 0.880 bits per heavy atom. The zero-order valence-corrected chi connectivity index (χ0v) is 27.9. The number of piperazine rings is 1. The average Bonchev–Trinajstić information content (AvgIpc) is 3.53. The summed E-state index contributed by atoms with van der Waals surface area (Å²) in [4.78, 5) is 32.2. The minimum absolute atomic E-state index is 0.204. The lowest BCUT2D eigenvalue weighted by Gasteiger charge is -2.38. The number of para-hydroxylation sites is 1. The van der Waals surface area contributed by atoms with Crippen LogP contribution in [0.15, 0.2) is 97.3 Å². The van der Waals surface area contributed by atoms with Gasteiger partial charge in [-0.05, 0) is 68.4 Å². The Balaban J connectivity index is 1.18. The lowest BCUT2D eigenvalue weighted by atomic mass is 10.0. The minimum atomic E-state index is -0.862. The zero-order valence-electron chi connectivity index (χ0n) is 27.9. The van der Waals surface area contributed by atoms with Gasteiger partial charge in [0.15, 0.2) is 0 Å². The van der Waals surface area contributed by atoms with Crippen molar-refractivity contribution in [3.63, 3.8) is 0 Å². The molecule has 0 radical (unpaired) electrons. The fourth-order valence-electron chi connectivity index (χ4n) is 6.20. The van der Waals surface area contributed by atoms with Crippen molar-refractivity contribution < 1.29 is 18.3 Å². The normalized spacial score (nSPS) is 13.5. The molecule has 50 heavy (non-hydrogen) atoms. The monoisotopic (exact) mass is 674 g/mol. The number of fused-ring (bicyclic) bond motifs is 1. The van der Waals surface area contributed by atoms with Crippen LogP contribution in [0.2, 0.25) is 0 Å². The molecule has 3 aromatic carbocycles. The van der Waals surface area contributed by atoms with Crippen LogP contribution in [0.25, 0.3) is 28.3 Å². The van der Waals surface area contributed by atoms with Crippen molar-refractivity contribution in [3.05, 3.63) is 115 Å². The fraction of sp³-hybridized carbons (Fsp3) is 0.211. The molecule has 3 aromatic heterocycles. The number of hydrogen-bond acceptors (Lipinski definition) is 8. The molecule has 1 saturated heterocycles. The van der Waals surface area contributed by atoms with Gasteiger partial charge in [0.1, 0.15) is 28.7 Å². The molecule has 1 aliphatic heterocycles. The van der Waals surface area contributed by atoms with Gasteiger partial charge in [-0.3, -0.25) is 14.1 Å². The molecule has 254 valence electrons. The van der Waals surface area contributed by atoms with Crippen molar-refractivity contribution in [1.82, 2.24) is 24.3 Å². The Morgan fingerprint density at radius 3 is 2.42 bits per heavy atom. The van der Waals surface area contributed by atoms with Gasteiger partial charge in [0, 0.05) is 67.5 Å². The van der Waals surface area contributed by atoms with E-state index in [0.717, 1.165) is 49.7 Å². The smallest absolute Gasteiger partial charge is 0.255 e. The molecule has 12 heteroatoms. The highest BCUT2D eigenvalue weighted by molar-refractivity contribution is 6.05. The Bertz CT molecular complexity index is 2160. The Kier molecular flexibility index (Phi) is 9.09. The number of carbonyl (C=O) groups is 1. The second-order valence-corrected chi connectivity index (χ2v) is 12.3. The lowest BCUT2D eigenvalue weighted by Crippen LogP contribution is -2.48. The van der Waals surface area contributed by atoms with Crippen molar-refractivity contribution in [3.8, 4) is 28.4 Å². The van der Waals surface area contributed by atoms with Gasteiger partial charge in [-0.1, -0.05) is 24.3 Å². The molecule has 1 aliphatic rings. The van der Waals surface area contributed by atoms with Crippen molar-refractivity contribution in [2.24, 2.45) is 0 Å². The van der Waals surface area contributed by atoms with Crippen LogP contribution in [-0.2, 0) is 0 Å². The number of nitrogens with zero attached hydrogens (tertiary/aromatic N) is 6. The molecule has 1 fully saturated rings. The van der Waals surface area contributed by atoms with Crippen LogP contribution in [-0.4, -0.2) is 69.5 Å². The maximum absolute atomic E-state index is 14.3. The number of imidazole rings is 1. The van der Waals surface area contributed by atoms with E-state index >= 15 is 0 Å². The Morgan fingerprint density at radius 2 is 1.66 bits per heavy atom. The highest BCUT2D eigenvalue weighted by Crippen LogP contribution is 2.35. The van der Waals surface area contributed by atoms with E-state index < -0.39 is 23.2 Å². The number of rotatable bonds is 9. The van der Waals surface area contributed by atoms with Crippen molar-refractivity contribution in [2.45, 2.75) is 19.9 Å². The van der Waals surface area contributed by atoms with Gasteiger partial charge in [-0.2, -0.15) is 0 Å². The summed E-state index contributed by atoms with van der Waals surface area (Å²) in [7, 11) is 1.64. The third-order valence-electron chi connectivity index (χ3n) is 8.87. The lowest BCUT2D eigenvalue weighted by molar-refractivity contribution is 0.102. The molecule has 1 amide bonds. The number of ether oxygens (including phenoxy) is 1. The van der Waals surface area contributed by atoms with E-state index in [1.54, 1.807) is 37.6 Å². The zero-order chi connectivity index (χ0) is 34.8. The van der Waals surface area contributed by atoms with Gasteiger partial charge in [0.2, 0.25) is 5.95 Å². The second-order valence-electron chi connectivity index (χ2n) is 12.3. The molecule has 0 unspecified atom stereocenters. The van der Waals surface area contributed by atoms with E-state index in [-0.39, 0.29) is 5.56 Å². The van der Waals surface area contributed by atoms with Gasteiger partial charge in [-0.25, -0.2) is 23.7 Å². The number of halogens is 2. The van der Waals surface area contributed by atoms with E-state index in [2.05, 4.69) is 45.3 Å². The van der Waals surface area contributed by atoms with Gasteiger partial charge in [-0.15, -0.1) is 0 Å². The van der Waals surface area contributed by atoms with Gasteiger partial charge in [0.25, 0.3) is 5.91 Å². The highest BCUT2D eigenvalue weighted by atomic mass is 19.1. The maximum atomic E-state index is 14.3. The molecule has 0 bridgehead atoms. The SMILES string of the molecule is COc1cc(N2CCN(C(C)C)CC2)ccc1Nc1nccc(-c2c(-c3cccc(C(=O)Nc4c(F)cccc4F)c3)nc3ccccn23)n1. The standard InChI is InChI=1S/C38H36F2N8O2/c1-24(2)46-18-20-47(21-19-46)27-13-14-30(32(23-27)50-3)42-38-41-16-15-31(43-38)36-34(44-33-12-4-5-17-48(33)36)25-8-6-9-26(22-25)37(49)45-35-28(39)10-7-11-29(35)40/h4-17,22-24H,18-21H2,1-3H3,(H,45,49)(H,41,42,43). The number of methoxy groups -OCH3 is 1. The highest BCUT2D eigenvalue weighted by Gasteiger charge is 2.22. The number of aromatic nitrogens is 4. The van der Waals surface area contributed by atoms with Crippen LogP contribution >= 0.6 is 0 Å². The van der Waals surface area contributed by atoms with Gasteiger partial charge in [0.05, 0.1) is 29.9 Å². The van der Waals surface area contributed by atoms with Crippen LogP contribution in [0.3, 0.4) is 0 Å². The van der Waals surface area contributed by atoms with E-state index in [4.69, 9.17) is 14.7 Å². The first kappa shape index (κ1) is 32.7. The summed E-state index contributed by atoms with van der Waals surface area (Å²) in [6.07, 6.45) is 3.55. The van der Waals surface area contributed by atoms with E-state index in [9.17, 15) is 13.6 Å². The van der Waals surface area contributed by atoms with Crippen LogP contribution in [0.5, 0.6) is 5.75 Å². The number of anilines is 4. The first-order valence-corrected chi connectivity index (χ1v) is 16.4. The number of pyridine rings is 1. The summed E-state index contributed by atoms with van der Waals surface area (Å²) >= 11 is 0. The summed E-state index contributed by atoms with van der Waals surface area (Å²) in [6.45, 7) is 8.37. The molecule has 0 atom stereocenters. The number of nitrogens with one attached hydrogen (secondary N) is 2. The third-order valence-corrected chi connectivity index (χ3v) is 8.87. The molecular weight excluding hydrogens is 638 g/mol. The van der Waals surface area contributed by atoms with Crippen LogP contribution in [0.4, 0.5) is 31.8 Å². The maximum Gasteiger partial charge on any atom is 0.255 e. The number of amides is 1. The molecule has 7 rings (SSSR count). The second kappa shape index (κ2) is 13.9. The predicted octanol–water partition coefficient (Wildman–Crippen LogP) is 7.27. The molecule has 2 N–H and O–H groups in total. The summed E-state index contributed by atoms with van der Waals surface area (Å²) < 4.78 is 36.2. The molecule has 0 spiro atoms. The molecule has 0 aliphatic carbocycles. The fourth-order valence-corrected chi connectivity index (χ4v) is 6.20. The van der Waals surface area contributed by atoms with Crippen LogP contribution in [0, 0.1) is 11.6 Å². The van der Waals surface area contributed by atoms with Crippen molar-refractivity contribution in [1.29, 1.82) is 0 Å². The summed E-state index contributed by atoms with van der Waals surface area (Å²) in [5.41, 5.74) is 4.61. The molecule has 4 heterocycles. The summed E-state index contributed by atoms with van der Waals surface area (Å²) in [5, 5.41) is 5.68. The quantitative estimate of drug-likeness (QED) is 0.165. The first-order valence-electron chi connectivity index (χ1n) is 16.4. The Labute approximate surface area is 288 Å². The predicted molar refractivity (Wildman–Crippen MR) is 191 cm³/mol. The van der Waals surface area contributed by atoms with E-state index in [0.29, 0.717) is 46.0 Å².